The number of nitrogens with two attached hydrogens (primary N) is 1. The first-order valence-corrected chi connectivity index (χ1v) is 7.21. The molecule has 0 aromatic carbocycles. The zero-order chi connectivity index (χ0) is 12.3. The van der Waals surface area contributed by atoms with E-state index in [1.807, 2.05) is 11.0 Å². The first-order chi connectivity index (χ1) is 8.24. The van der Waals surface area contributed by atoms with Crippen LogP contribution in [-0.2, 0) is 4.79 Å². The Bertz CT molecular complexity index is 364. The molecule has 94 valence electrons. The monoisotopic (exact) mass is 252 g/mol. The summed E-state index contributed by atoms with van der Waals surface area (Å²) in [6, 6.07) is 4.12. The van der Waals surface area contributed by atoms with Gasteiger partial charge in [-0.1, -0.05) is 19.4 Å². The maximum Gasteiger partial charge on any atom is 0.240 e. The highest BCUT2D eigenvalue weighted by Gasteiger charge is 2.32. The Morgan fingerprint density at radius 3 is 3.18 bits per heavy atom. The average molecular weight is 252 g/mol. The number of hydrogen-bond donors (Lipinski definition) is 1. The number of thiophene rings is 1. The Morgan fingerprint density at radius 1 is 1.71 bits per heavy atom. The second-order valence-electron chi connectivity index (χ2n) is 4.60. The van der Waals surface area contributed by atoms with Crippen molar-refractivity contribution in [1.82, 2.24) is 4.90 Å². The number of carbonyl (C=O) groups excluding carboxylic acids is 1. The lowest BCUT2D eigenvalue weighted by atomic mass is 10.1. The molecule has 17 heavy (non-hydrogen) atoms. The summed E-state index contributed by atoms with van der Waals surface area (Å²) in [5.41, 5.74) is 5.94. The molecule has 1 aliphatic heterocycles. The molecular weight excluding hydrogens is 232 g/mol. The molecule has 1 aromatic rings. The summed E-state index contributed by atoms with van der Waals surface area (Å²) in [5.74, 6) is 0.128. The Hall–Kier alpha value is -0.870. The predicted molar refractivity (Wildman–Crippen MR) is 70.9 cm³/mol. The average Bonchev–Trinajstić information content (AvgIpc) is 2.98. The summed E-state index contributed by atoms with van der Waals surface area (Å²) in [6.45, 7) is 2.92. The minimum Gasteiger partial charge on any atom is -0.333 e. The Kier molecular flexibility index (Phi) is 4.18. The minimum atomic E-state index is -0.319. The van der Waals surface area contributed by atoms with Crippen LogP contribution in [0.25, 0.3) is 0 Å². The minimum absolute atomic E-state index is 0.128. The molecule has 0 aliphatic carbocycles. The van der Waals surface area contributed by atoms with Gasteiger partial charge in [0.25, 0.3) is 0 Å². The number of likely N-dealkylation sites (tertiary alicyclic amines) is 1. The predicted octanol–water partition coefficient (Wildman–Crippen LogP) is 2.54. The number of nitrogens with zero attached hydrogens (tertiary/aromatic N) is 1. The molecule has 2 rings (SSSR count). The SMILES string of the molecule is CCC[C@@H](N)C(=O)N1CCCC1c1cccs1. The van der Waals surface area contributed by atoms with E-state index < -0.39 is 0 Å². The van der Waals surface area contributed by atoms with Crippen molar-refractivity contribution in [2.45, 2.75) is 44.7 Å². The molecular formula is C13H20N2OS. The van der Waals surface area contributed by atoms with Gasteiger partial charge in [0.1, 0.15) is 0 Å². The van der Waals surface area contributed by atoms with E-state index in [1.54, 1.807) is 11.3 Å². The summed E-state index contributed by atoms with van der Waals surface area (Å²) in [5, 5.41) is 2.07. The second-order valence-corrected chi connectivity index (χ2v) is 5.58. The van der Waals surface area contributed by atoms with Gasteiger partial charge < -0.3 is 10.6 Å². The van der Waals surface area contributed by atoms with Crippen LogP contribution in [-0.4, -0.2) is 23.4 Å². The van der Waals surface area contributed by atoms with Crippen molar-refractivity contribution < 1.29 is 4.79 Å². The van der Waals surface area contributed by atoms with E-state index in [9.17, 15) is 4.79 Å². The van der Waals surface area contributed by atoms with Crippen LogP contribution in [0.1, 0.15) is 43.5 Å². The van der Waals surface area contributed by atoms with Crippen LogP contribution in [0.15, 0.2) is 17.5 Å². The standard InChI is InChI=1S/C13H20N2OS/c1-2-5-10(14)13(16)15-8-3-6-11(15)12-7-4-9-17-12/h4,7,9-11H,2-3,5-6,8,14H2,1H3/t10-,11?/m1/s1. The van der Waals surface area contributed by atoms with E-state index in [0.29, 0.717) is 0 Å². The van der Waals surface area contributed by atoms with Gasteiger partial charge in [0.15, 0.2) is 0 Å². The van der Waals surface area contributed by atoms with Crippen molar-refractivity contribution in [1.29, 1.82) is 0 Å². The first kappa shape index (κ1) is 12.6. The highest BCUT2D eigenvalue weighted by atomic mass is 32.1. The van der Waals surface area contributed by atoms with Crippen molar-refractivity contribution in [2.75, 3.05) is 6.54 Å². The fraction of sp³-hybridized carbons (Fsp3) is 0.615. The van der Waals surface area contributed by atoms with Crippen LogP contribution in [0.2, 0.25) is 0 Å². The van der Waals surface area contributed by atoms with Gasteiger partial charge in [-0.15, -0.1) is 11.3 Å². The van der Waals surface area contributed by atoms with Crippen molar-refractivity contribution in [3.8, 4) is 0 Å². The molecule has 2 atom stereocenters. The Balaban J connectivity index is 2.07. The third-order valence-electron chi connectivity index (χ3n) is 3.32. The first-order valence-electron chi connectivity index (χ1n) is 6.33. The number of rotatable bonds is 4. The van der Waals surface area contributed by atoms with E-state index in [4.69, 9.17) is 5.73 Å². The van der Waals surface area contributed by atoms with E-state index in [2.05, 4.69) is 18.4 Å². The fourth-order valence-electron chi connectivity index (χ4n) is 2.45. The van der Waals surface area contributed by atoms with Crippen LogP contribution in [0.4, 0.5) is 0 Å². The molecule has 1 fully saturated rings. The van der Waals surface area contributed by atoms with Gasteiger partial charge in [0.2, 0.25) is 5.91 Å². The largest absolute Gasteiger partial charge is 0.333 e. The van der Waals surface area contributed by atoms with Crippen LogP contribution < -0.4 is 5.73 Å². The highest BCUT2D eigenvalue weighted by Crippen LogP contribution is 2.34. The molecule has 3 nitrogen and oxygen atoms in total. The Labute approximate surface area is 107 Å². The molecule has 0 radical (unpaired) electrons. The van der Waals surface area contributed by atoms with Crippen LogP contribution in [0.3, 0.4) is 0 Å². The lowest BCUT2D eigenvalue weighted by molar-refractivity contribution is -0.133. The summed E-state index contributed by atoms with van der Waals surface area (Å²) >= 11 is 1.73. The molecule has 0 bridgehead atoms. The van der Waals surface area contributed by atoms with Crippen molar-refractivity contribution >= 4 is 17.2 Å². The number of carbonyl (C=O) groups is 1. The van der Waals surface area contributed by atoms with Crippen molar-refractivity contribution in [3.63, 3.8) is 0 Å². The molecule has 4 heteroatoms. The Morgan fingerprint density at radius 2 is 2.53 bits per heavy atom. The molecule has 1 saturated heterocycles. The molecule has 1 amide bonds. The zero-order valence-electron chi connectivity index (χ0n) is 10.3. The second kappa shape index (κ2) is 5.65. The molecule has 1 aliphatic rings. The van der Waals surface area contributed by atoms with E-state index in [1.165, 1.54) is 4.88 Å². The molecule has 2 N–H and O–H groups in total. The van der Waals surface area contributed by atoms with Crippen molar-refractivity contribution in [3.05, 3.63) is 22.4 Å². The normalized spacial score (nSPS) is 21.8. The third-order valence-corrected chi connectivity index (χ3v) is 4.30. The quantitative estimate of drug-likeness (QED) is 0.895. The topological polar surface area (TPSA) is 46.3 Å². The number of amides is 1. The fourth-order valence-corrected chi connectivity index (χ4v) is 3.33. The molecule has 1 aromatic heterocycles. The van der Waals surface area contributed by atoms with Gasteiger partial charge in [0.05, 0.1) is 12.1 Å². The van der Waals surface area contributed by atoms with Crippen molar-refractivity contribution in [2.24, 2.45) is 5.73 Å². The van der Waals surface area contributed by atoms with Crippen LogP contribution in [0, 0.1) is 0 Å². The number of hydrogen-bond acceptors (Lipinski definition) is 3. The lowest BCUT2D eigenvalue weighted by Crippen LogP contribution is -2.43. The van der Waals surface area contributed by atoms with E-state index in [-0.39, 0.29) is 18.0 Å². The molecule has 0 saturated carbocycles. The van der Waals surface area contributed by atoms with Gasteiger partial charge >= 0.3 is 0 Å². The lowest BCUT2D eigenvalue weighted by Gasteiger charge is -2.26. The van der Waals surface area contributed by atoms with Gasteiger partial charge in [-0.3, -0.25) is 4.79 Å². The molecule has 2 heterocycles. The van der Waals surface area contributed by atoms with E-state index in [0.717, 1.165) is 32.2 Å². The van der Waals surface area contributed by atoms with Crippen LogP contribution in [0.5, 0.6) is 0 Å². The summed E-state index contributed by atoms with van der Waals surface area (Å²) in [4.78, 5) is 15.5. The van der Waals surface area contributed by atoms with Gasteiger partial charge in [-0.05, 0) is 30.7 Å². The molecule has 1 unspecified atom stereocenters. The third kappa shape index (κ3) is 2.69. The van der Waals surface area contributed by atoms with Gasteiger partial charge in [-0.2, -0.15) is 0 Å². The summed E-state index contributed by atoms with van der Waals surface area (Å²) in [6.07, 6.45) is 3.91. The van der Waals surface area contributed by atoms with Gasteiger partial charge in [-0.25, -0.2) is 0 Å². The maximum atomic E-state index is 12.2. The molecule has 0 spiro atoms. The maximum absolute atomic E-state index is 12.2. The smallest absolute Gasteiger partial charge is 0.240 e. The van der Waals surface area contributed by atoms with Gasteiger partial charge in [0, 0.05) is 11.4 Å². The van der Waals surface area contributed by atoms with E-state index >= 15 is 0 Å². The summed E-state index contributed by atoms with van der Waals surface area (Å²) in [7, 11) is 0. The van der Waals surface area contributed by atoms with Crippen LogP contribution >= 0.6 is 11.3 Å². The summed E-state index contributed by atoms with van der Waals surface area (Å²) < 4.78 is 0. The highest BCUT2D eigenvalue weighted by molar-refractivity contribution is 7.10. The zero-order valence-corrected chi connectivity index (χ0v) is 11.1.